The third kappa shape index (κ3) is 4.17. The van der Waals surface area contributed by atoms with E-state index in [-0.39, 0.29) is 30.4 Å². The molecule has 2 aromatic heterocycles. The number of fused-ring (bicyclic) bond motifs is 1. The Balaban J connectivity index is 1.88. The Morgan fingerprint density at radius 2 is 2.00 bits per heavy atom. The first kappa shape index (κ1) is 18.7. The number of aliphatic hydroxyl groups is 1. The van der Waals surface area contributed by atoms with Crippen molar-refractivity contribution in [2.75, 3.05) is 12.3 Å². The maximum absolute atomic E-state index is 10.3. The number of ether oxygens (including phenoxy) is 1. The smallest absolute Gasteiger partial charge is 0.336 e. The summed E-state index contributed by atoms with van der Waals surface area (Å²) in [4.78, 5) is 8.32. The summed E-state index contributed by atoms with van der Waals surface area (Å²) in [5, 5.41) is 23.9. The molecule has 0 saturated heterocycles. The van der Waals surface area contributed by atoms with Gasteiger partial charge in [0.25, 0.3) is 0 Å². The number of aromatic nitrogens is 4. The van der Waals surface area contributed by atoms with E-state index >= 15 is 0 Å². The summed E-state index contributed by atoms with van der Waals surface area (Å²) < 4.78 is 7.42. The lowest BCUT2D eigenvalue weighted by atomic mass is 9.86. The van der Waals surface area contributed by atoms with Gasteiger partial charge in [-0.05, 0) is 18.8 Å². The summed E-state index contributed by atoms with van der Waals surface area (Å²) in [6, 6.07) is 0.157. The van der Waals surface area contributed by atoms with Gasteiger partial charge in [0.05, 0.1) is 0 Å². The van der Waals surface area contributed by atoms with Crippen LogP contribution >= 0.6 is 0 Å². The van der Waals surface area contributed by atoms with Crippen molar-refractivity contribution in [2.24, 2.45) is 5.92 Å². The molecule has 2 aromatic rings. The monoisotopic (exact) mass is 363 g/mol. The maximum atomic E-state index is 10.3. The van der Waals surface area contributed by atoms with E-state index in [2.05, 4.69) is 22.0 Å². The van der Waals surface area contributed by atoms with Gasteiger partial charge in [0.15, 0.2) is 5.82 Å². The van der Waals surface area contributed by atoms with E-state index < -0.39 is 0 Å². The molecule has 2 heterocycles. The molecule has 0 aliphatic heterocycles. The van der Waals surface area contributed by atoms with Gasteiger partial charge in [0.1, 0.15) is 11.8 Å². The highest BCUT2D eigenvalue weighted by Crippen LogP contribution is 2.31. The van der Waals surface area contributed by atoms with Gasteiger partial charge in [-0.3, -0.25) is 0 Å². The largest absolute Gasteiger partial charge is 0.492 e. The zero-order valence-electron chi connectivity index (χ0n) is 15.4. The van der Waals surface area contributed by atoms with Crippen LogP contribution in [0, 0.1) is 5.92 Å². The van der Waals surface area contributed by atoms with Crippen LogP contribution in [0.4, 0.5) is 5.82 Å². The number of aromatic hydroxyl groups is 1. The summed E-state index contributed by atoms with van der Waals surface area (Å²) in [5.41, 5.74) is 7.04. The van der Waals surface area contributed by atoms with Gasteiger partial charge in [0, 0.05) is 13.0 Å². The van der Waals surface area contributed by atoms with E-state index in [1.807, 2.05) is 0 Å². The molecule has 1 atom stereocenters. The molecule has 0 amide bonds. The molecule has 8 heteroatoms. The number of hydrogen-bond acceptors (Lipinski definition) is 7. The molecular weight excluding hydrogens is 334 g/mol. The molecule has 0 aromatic carbocycles. The second-order valence-corrected chi connectivity index (χ2v) is 7.15. The molecule has 26 heavy (non-hydrogen) atoms. The summed E-state index contributed by atoms with van der Waals surface area (Å²) in [6.45, 7) is 2.10. The van der Waals surface area contributed by atoms with Crippen molar-refractivity contribution in [3.63, 3.8) is 0 Å². The van der Waals surface area contributed by atoms with Crippen LogP contribution in [0.2, 0.25) is 0 Å². The van der Waals surface area contributed by atoms with E-state index in [1.165, 1.54) is 19.3 Å². The molecule has 1 saturated carbocycles. The van der Waals surface area contributed by atoms with Crippen LogP contribution in [0.25, 0.3) is 5.65 Å². The van der Waals surface area contributed by atoms with Crippen molar-refractivity contribution in [3.05, 3.63) is 5.69 Å². The molecule has 8 nitrogen and oxygen atoms in total. The van der Waals surface area contributed by atoms with Crippen molar-refractivity contribution in [1.29, 1.82) is 0 Å². The molecule has 144 valence electrons. The first-order chi connectivity index (χ1) is 12.6. The van der Waals surface area contributed by atoms with Crippen molar-refractivity contribution >= 4 is 11.5 Å². The number of nitrogens with two attached hydrogens (primary N) is 1. The summed E-state index contributed by atoms with van der Waals surface area (Å²) in [6.07, 6.45) is 8.86. The minimum absolute atomic E-state index is 0.0332. The number of aliphatic hydroxyl groups excluding tert-OH is 1. The van der Waals surface area contributed by atoms with Crippen molar-refractivity contribution in [1.82, 2.24) is 19.6 Å². The number of anilines is 1. The molecule has 3 rings (SSSR count). The van der Waals surface area contributed by atoms with E-state index in [0.717, 1.165) is 32.1 Å². The Labute approximate surface area is 153 Å². The topological polar surface area (TPSA) is 119 Å². The molecule has 1 aliphatic rings. The number of hydrogen-bond donors (Lipinski definition) is 3. The highest BCUT2D eigenvalue weighted by molar-refractivity contribution is 5.61. The third-order valence-electron chi connectivity index (χ3n) is 5.10. The standard InChI is InChI=1S/C18H29N5O3/c1-2-6-13(9-10-24)26-18-20-15(19)16-21-17(25)14(23(16)22-18)11-12-7-4-3-5-8-12/h12-13,24-25H,2-11H2,1H3,(H2,19,20,22)/t13-/m1/s1. The Hall–Kier alpha value is -2.09. The van der Waals surface area contributed by atoms with E-state index in [1.54, 1.807) is 4.52 Å². The summed E-state index contributed by atoms with van der Waals surface area (Å²) >= 11 is 0. The fraction of sp³-hybridized carbons (Fsp3) is 0.722. The molecule has 0 spiro atoms. The molecule has 1 fully saturated rings. The zero-order chi connectivity index (χ0) is 18.5. The fourth-order valence-electron chi connectivity index (χ4n) is 3.74. The first-order valence-corrected chi connectivity index (χ1v) is 9.64. The van der Waals surface area contributed by atoms with Crippen LogP contribution < -0.4 is 10.5 Å². The quantitative estimate of drug-likeness (QED) is 0.659. The van der Waals surface area contributed by atoms with Gasteiger partial charge >= 0.3 is 6.01 Å². The number of rotatable bonds is 8. The van der Waals surface area contributed by atoms with Crippen LogP contribution in [0.3, 0.4) is 0 Å². The average molecular weight is 363 g/mol. The van der Waals surface area contributed by atoms with Gasteiger partial charge in [-0.25, -0.2) is 4.52 Å². The molecule has 4 N–H and O–H groups in total. The molecule has 1 aliphatic carbocycles. The third-order valence-corrected chi connectivity index (χ3v) is 5.10. The second-order valence-electron chi connectivity index (χ2n) is 7.15. The average Bonchev–Trinajstić information content (AvgIpc) is 2.93. The zero-order valence-corrected chi connectivity index (χ0v) is 15.4. The van der Waals surface area contributed by atoms with E-state index in [0.29, 0.717) is 23.7 Å². The Morgan fingerprint density at radius 1 is 1.23 bits per heavy atom. The maximum Gasteiger partial charge on any atom is 0.336 e. The van der Waals surface area contributed by atoms with Crippen LogP contribution in [0.1, 0.15) is 64.0 Å². The Bertz CT molecular complexity index is 721. The lowest BCUT2D eigenvalue weighted by Gasteiger charge is -2.21. The summed E-state index contributed by atoms with van der Waals surface area (Å²) in [7, 11) is 0. The lowest BCUT2D eigenvalue weighted by Crippen LogP contribution is -2.20. The molecule has 0 bridgehead atoms. The minimum Gasteiger partial charge on any atom is -0.492 e. The van der Waals surface area contributed by atoms with Gasteiger partial charge in [-0.15, -0.1) is 5.10 Å². The first-order valence-electron chi connectivity index (χ1n) is 9.64. The number of imidazole rings is 1. The van der Waals surface area contributed by atoms with Crippen LogP contribution in [0.15, 0.2) is 0 Å². The van der Waals surface area contributed by atoms with Gasteiger partial charge in [-0.1, -0.05) is 45.4 Å². The summed E-state index contributed by atoms with van der Waals surface area (Å²) in [5.74, 6) is 0.672. The number of nitrogen functional groups attached to an aromatic ring is 1. The highest BCUT2D eigenvalue weighted by atomic mass is 16.5. The van der Waals surface area contributed by atoms with Crippen molar-refractivity contribution in [3.8, 4) is 11.9 Å². The van der Waals surface area contributed by atoms with Crippen molar-refractivity contribution in [2.45, 2.75) is 70.8 Å². The number of nitrogens with zero attached hydrogens (tertiary/aromatic N) is 4. The normalized spacial score (nSPS) is 16.8. The Kier molecular flexibility index (Phi) is 6.13. The lowest BCUT2D eigenvalue weighted by molar-refractivity contribution is 0.133. The SMILES string of the molecule is CCC[C@H](CCO)Oc1nc(N)c2nc(O)c(CC3CCCCC3)n2n1. The van der Waals surface area contributed by atoms with Crippen LogP contribution in [0.5, 0.6) is 11.9 Å². The molecule has 0 radical (unpaired) electrons. The minimum atomic E-state index is -0.166. The highest BCUT2D eigenvalue weighted by Gasteiger charge is 2.23. The van der Waals surface area contributed by atoms with E-state index in [9.17, 15) is 10.2 Å². The predicted octanol–water partition coefficient (Wildman–Crippen LogP) is 2.46. The van der Waals surface area contributed by atoms with Crippen molar-refractivity contribution < 1.29 is 14.9 Å². The van der Waals surface area contributed by atoms with E-state index in [4.69, 9.17) is 10.5 Å². The van der Waals surface area contributed by atoms with Crippen LogP contribution in [-0.2, 0) is 6.42 Å². The van der Waals surface area contributed by atoms with Gasteiger partial charge in [-0.2, -0.15) is 9.97 Å². The Morgan fingerprint density at radius 3 is 2.69 bits per heavy atom. The van der Waals surface area contributed by atoms with Gasteiger partial charge in [0.2, 0.25) is 11.5 Å². The molecular formula is C18H29N5O3. The molecule has 0 unspecified atom stereocenters. The fourth-order valence-corrected chi connectivity index (χ4v) is 3.74. The predicted molar refractivity (Wildman–Crippen MR) is 98.2 cm³/mol. The van der Waals surface area contributed by atoms with Gasteiger partial charge < -0.3 is 20.7 Å². The van der Waals surface area contributed by atoms with Crippen LogP contribution in [-0.4, -0.2) is 42.5 Å². The second kappa shape index (κ2) is 8.53.